The van der Waals surface area contributed by atoms with Crippen molar-refractivity contribution in [1.29, 1.82) is 0 Å². The Labute approximate surface area is 135 Å². The van der Waals surface area contributed by atoms with E-state index in [0.29, 0.717) is 6.04 Å². The van der Waals surface area contributed by atoms with Gasteiger partial charge in [0.05, 0.1) is 0 Å². The summed E-state index contributed by atoms with van der Waals surface area (Å²) in [7, 11) is 0. The second-order valence-electron chi connectivity index (χ2n) is 5.19. The van der Waals surface area contributed by atoms with E-state index in [9.17, 15) is 4.39 Å². The highest BCUT2D eigenvalue weighted by Gasteiger charge is 2.21. The smallest absolute Gasteiger partial charge is 0.123 e. The number of benzene rings is 1. The molecule has 0 aliphatic carbocycles. The van der Waals surface area contributed by atoms with E-state index >= 15 is 0 Å². The zero-order valence-electron chi connectivity index (χ0n) is 11.9. The van der Waals surface area contributed by atoms with Crippen LogP contribution in [0.4, 0.5) is 4.39 Å². The Kier molecular flexibility index (Phi) is 8.03. The molecule has 0 amide bonds. The van der Waals surface area contributed by atoms with Gasteiger partial charge in [-0.25, -0.2) is 4.39 Å². The predicted molar refractivity (Wildman–Crippen MR) is 87.9 cm³/mol. The maximum absolute atomic E-state index is 13.4. The van der Waals surface area contributed by atoms with Crippen LogP contribution in [-0.4, -0.2) is 30.6 Å². The lowest BCUT2D eigenvalue weighted by molar-refractivity contribution is 0.154. The first-order valence-corrected chi connectivity index (χ1v) is 7.88. The van der Waals surface area contributed by atoms with E-state index in [1.807, 2.05) is 0 Å². The summed E-state index contributed by atoms with van der Waals surface area (Å²) in [5.74, 6) is -0.153. The third kappa shape index (κ3) is 4.99. The Balaban J connectivity index is 0.00000200. The van der Waals surface area contributed by atoms with E-state index in [4.69, 9.17) is 0 Å². The summed E-state index contributed by atoms with van der Waals surface area (Å²) in [5.41, 5.74) is 1.05. The number of halogens is 3. The molecule has 1 N–H and O–H groups in total. The minimum atomic E-state index is -0.153. The van der Waals surface area contributed by atoms with E-state index in [2.05, 4.69) is 33.1 Å². The Hall–Kier alpha value is -0.160. The molecule has 0 atom stereocenters. The van der Waals surface area contributed by atoms with Crippen LogP contribution in [0.15, 0.2) is 22.7 Å². The van der Waals surface area contributed by atoms with Crippen molar-refractivity contribution in [2.75, 3.05) is 19.6 Å². The van der Waals surface area contributed by atoms with E-state index in [-0.39, 0.29) is 18.2 Å². The molecule has 0 radical (unpaired) electrons. The molecule has 20 heavy (non-hydrogen) atoms. The normalized spacial score (nSPS) is 16.2. The number of nitrogens with zero attached hydrogens (tertiary/aromatic N) is 1. The summed E-state index contributed by atoms with van der Waals surface area (Å²) in [6, 6.07) is 5.57. The number of hydrogen-bond donors (Lipinski definition) is 1. The number of piperidine rings is 1. The third-order valence-electron chi connectivity index (χ3n) is 3.72. The summed E-state index contributed by atoms with van der Waals surface area (Å²) < 4.78 is 14.4. The fraction of sp³-hybridized carbons (Fsp3) is 0.600. The molecule has 1 saturated heterocycles. The van der Waals surface area contributed by atoms with Crippen LogP contribution in [0.3, 0.4) is 0 Å². The molecule has 0 saturated carbocycles. The standard InChI is InChI=1S/C15H22BrFN2.ClH/c1-2-9-19(14-5-7-18-8-6-14)11-12-10-13(17)3-4-15(12)16;/h3-4,10,14,18H,2,5-9,11H2,1H3;1H. The van der Waals surface area contributed by atoms with Crippen LogP contribution in [0.2, 0.25) is 0 Å². The molecule has 0 unspecified atom stereocenters. The van der Waals surface area contributed by atoms with Gasteiger partial charge in [-0.05, 0) is 62.7 Å². The second kappa shape index (κ2) is 8.98. The minimum Gasteiger partial charge on any atom is -0.317 e. The Morgan fingerprint density at radius 2 is 2.05 bits per heavy atom. The van der Waals surface area contributed by atoms with Gasteiger partial charge in [-0.3, -0.25) is 4.90 Å². The molecular formula is C15H23BrClFN2. The van der Waals surface area contributed by atoms with Crippen molar-refractivity contribution in [1.82, 2.24) is 10.2 Å². The van der Waals surface area contributed by atoms with Crippen LogP contribution < -0.4 is 5.32 Å². The van der Waals surface area contributed by atoms with Crippen LogP contribution in [-0.2, 0) is 6.54 Å². The van der Waals surface area contributed by atoms with Crippen LogP contribution in [0.25, 0.3) is 0 Å². The van der Waals surface area contributed by atoms with Gasteiger partial charge in [0.1, 0.15) is 5.82 Å². The zero-order valence-corrected chi connectivity index (χ0v) is 14.3. The molecule has 0 spiro atoms. The van der Waals surface area contributed by atoms with Crippen molar-refractivity contribution in [2.45, 2.75) is 38.8 Å². The molecule has 1 heterocycles. The molecule has 1 aromatic rings. The van der Waals surface area contributed by atoms with Gasteiger partial charge >= 0.3 is 0 Å². The van der Waals surface area contributed by atoms with Gasteiger partial charge in [0.15, 0.2) is 0 Å². The van der Waals surface area contributed by atoms with Crippen molar-refractivity contribution < 1.29 is 4.39 Å². The molecule has 2 rings (SSSR count). The SMILES string of the molecule is CCCN(Cc1cc(F)ccc1Br)C1CCNCC1.Cl. The molecule has 5 heteroatoms. The summed E-state index contributed by atoms with van der Waals surface area (Å²) in [6.07, 6.45) is 3.51. The highest BCUT2D eigenvalue weighted by Crippen LogP contribution is 2.22. The van der Waals surface area contributed by atoms with Crippen molar-refractivity contribution >= 4 is 28.3 Å². The van der Waals surface area contributed by atoms with Crippen molar-refractivity contribution in [3.63, 3.8) is 0 Å². The molecule has 1 aromatic carbocycles. The molecule has 0 aromatic heterocycles. The monoisotopic (exact) mass is 364 g/mol. The molecule has 1 aliphatic heterocycles. The van der Waals surface area contributed by atoms with Gasteiger partial charge in [-0.2, -0.15) is 0 Å². The van der Waals surface area contributed by atoms with E-state index < -0.39 is 0 Å². The maximum Gasteiger partial charge on any atom is 0.123 e. The quantitative estimate of drug-likeness (QED) is 0.849. The predicted octanol–water partition coefficient (Wildman–Crippen LogP) is 3.97. The largest absolute Gasteiger partial charge is 0.317 e. The lowest BCUT2D eigenvalue weighted by atomic mass is 10.0. The average molecular weight is 366 g/mol. The number of nitrogens with one attached hydrogen (secondary N) is 1. The zero-order chi connectivity index (χ0) is 13.7. The van der Waals surface area contributed by atoms with Crippen LogP contribution in [0.1, 0.15) is 31.7 Å². The summed E-state index contributed by atoms with van der Waals surface area (Å²) >= 11 is 3.53. The van der Waals surface area contributed by atoms with Gasteiger partial charge < -0.3 is 5.32 Å². The topological polar surface area (TPSA) is 15.3 Å². The third-order valence-corrected chi connectivity index (χ3v) is 4.49. The van der Waals surface area contributed by atoms with E-state index in [0.717, 1.165) is 42.6 Å². The minimum absolute atomic E-state index is 0. The van der Waals surface area contributed by atoms with Crippen molar-refractivity contribution in [3.8, 4) is 0 Å². The van der Waals surface area contributed by atoms with Gasteiger partial charge in [-0.15, -0.1) is 12.4 Å². The molecular weight excluding hydrogens is 343 g/mol. The van der Waals surface area contributed by atoms with E-state index in [1.54, 1.807) is 12.1 Å². The van der Waals surface area contributed by atoms with Crippen molar-refractivity contribution in [2.24, 2.45) is 0 Å². The summed E-state index contributed by atoms with van der Waals surface area (Å²) in [6.45, 7) is 6.30. The molecule has 1 aliphatic rings. The highest BCUT2D eigenvalue weighted by atomic mass is 79.9. The fourth-order valence-corrected chi connectivity index (χ4v) is 3.11. The van der Waals surface area contributed by atoms with Crippen LogP contribution in [0, 0.1) is 5.82 Å². The molecule has 0 bridgehead atoms. The summed E-state index contributed by atoms with van der Waals surface area (Å²) in [5, 5.41) is 3.40. The Morgan fingerprint density at radius 1 is 1.35 bits per heavy atom. The molecule has 1 fully saturated rings. The number of hydrogen-bond acceptors (Lipinski definition) is 2. The Morgan fingerprint density at radius 3 is 2.70 bits per heavy atom. The Bertz CT molecular complexity index is 411. The van der Waals surface area contributed by atoms with Crippen LogP contribution in [0.5, 0.6) is 0 Å². The van der Waals surface area contributed by atoms with Gasteiger partial charge in [0.2, 0.25) is 0 Å². The number of rotatable bonds is 5. The first kappa shape index (κ1) is 17.9. The first-order valence-electron chi connectivity index (χ1n) is 7.09. The highest BCUT2D eigenvalue weighted by molar-refractivity contribution is 9.10. The van der Waals surface area contributed by atoms with Gasteiger partial charge in [0.25, 0.3) is 0 Å². The lowest BCUT2D eigenvalue weighted by Gasteiger charge is -2.34. The van der Waals surface area contributed by atoms with Gasteiger partial charge in [0, 0.05) is 17.1 Å². The average Bonchev–Trinajstić information content (AvgIpc) is 2.43. The first-order chi connectivity index (χ1) is 9.20. The second-order valence-corrected chi connectivity index (χ2v) is 6.04. The van der Waals surface area contributed by atoms with E-state index in [1.165, 1.54) is 18.9 Å². The molecule has 114 valence electrons. The van der Waals surface area contributed by atoms with Gasteiger partial charge in [-0.1, -0.05) is 22.9 Å². The molecule has 2 nitrogen and oxygen atoms in total. The van der Waals surface area contributed by atoms with Crippen LogP contribution >= 0.6 is 28.3 Å². The van der Waals surface area contributed by atoms with Crippen molar-refractivity contribution in [3.05, 3.63) is 34.1 Å². The fourth-order valence-electron chi connectivity index (χ4n) is 2.73. The lowest BCUT2D eigenvalue weighted by Crippen LogP contribution is -2.43. The maximum atomic E-state index is 13.4. The summed E-state index contributed by atoms with van der Waals surface area (Å²) in [4.78, 5) is 2.50.